The standard InChI is InChI=1S/C23H25N5O3S/c1-16-7-8-20(12-25)10-22(16)26-23(29)15-27-13-17(2)28(18(3)14-27)32(30,31)21-6-4-5-19(9-21)11-24/h4-10,17-18H,13-15H2,1-3H3,(H,26,29)/t17-,18+. The van der Waals surface area contributed by atoms with E-state index in [0.717, 1.165) is 5.56 Å². The molecule has 1 fully saturated rings. The first-order valence-electron chi connectivity index (χ1n) is 10.2. The van der Waals surface area contributed by atoms with Crippen LogP contribution in [0, 0.1) is 29.6 Å². The maximum absolute atomic E-state index is 13.2. The number of anilines is 1. The number of hydrogen-bond donors (Lipinski definition) is 1. The lowest BCUT2D eigenvalue weighted by Gasteiger charge is -2.43. The normalized spacial score (nSPS) is 19.7. The van der Waals surface area contributed by atoms with Crippen molar-refractivity contribution >= 4 is 21.6 Å². The summed E-state index contributed by atoms with van der Waals surface area (Å²) in [5.41, 5.74) is 2.20. The highest BCUT2D eigenvalue weighted by molar-refractivity contribution is 7.89. The number of nitriles is 2. The number of nitrogens with zero attached hydrogens (tertiary/aromatic N) is 4. The molecule has 1 aliphatic rings. The largest absolute Gasteiger partial charge is 0.325 e. The van der Waals surface area contributed by atoms with Gasteiger partial charge in [0.05, 0.1) is 34.7 Å². The summed E-state index contributed by atoms with van der Waals surface area (Å²) < 4.78 is 27.9. The van der Waals surface area contributed by atoms with E-state index in [0.29, 0.717) is 24.3 Å². The summed E-state index contributed by atoms with van der Waals surface area (Å²) in [7, 11) is -3.78. The van der Waals surface area contributed by atoms with Gasteiger partial charge in [0.1, 0.15) is 0 Å². The minimum atomic E-state index is -3.78. The summed E-state index contributed by atoms with van der Waals surface area (Å²) in [5.74, 6) is -0.222. The molecule has 8 nitrogen and oxygen atoms in total. The molecule has 9 heteroatoms. The highest BCUT2D eigenvalue weighted by atomic mass is 32.2. The van der Waals surface area contributed by atoms with Gasteiger partial charge >= 0.3 is 0 Å². The Balaban J connectivity index is 1.70. The lowest BCUT2D eigenvalue weighted by molar-refractivity contribution is -0.118. The number of carbonyl (C=O) groups excluding carboxylic acids is 1. The van der Waals surface area contributed by atoms with Gasteiger partial charge in [0.2, 0.25) is 15.9 Å². The lowest BCUT2D eigenvalue weighted by atomic mass is 10.1. The number of piperazine rings is 1. The van der Waals surface area contributed by atoms with E-state index < -0.39 is 10.0 Å². The van der Waals surface area contributed by atoms with Crippen LogP contribution in [0.3, 0.4) is 0 Å². The molecule has 0 spiro atoms. The Hall–Kier alpha value is -3.24. The second kappa shape index (κ2) is 9.49. The second-order valence-electron chi connectivity index (χ2n) is 8.06. The summed E-state index contributed by atoms with van der Waals surface area (Å²) in [4.78, 5) is 14.6. The first-order valence-corrected chi connectivity index (χ1v) is 11.7. The van der Waals surface area contributed by atoms with Crippen LogP contribution in [-0.4, -0.2) is 55.2 Å². The van der Waals surface area contributed by atoms with Crippen LogP contribution in [0.15, 0.2) is 47.4 Å². The van der Waals surface area contributed by atoms with Crippen molar-refractivity contribution in [3.63, 3.8) is 0 Å². The fraction of sp³-hybridized carbons (Fsp3) is 0.348. The summed E-state index contributed by atoms with van der Waals surface area (Å²) in [6, 6.07) is 14.4. The second-order valence-corrected chi connectivity index (χ2v) is 9.90. The van der Waals surface area contributed by atoms with Gasteiger partial charge in [0.15, 0.2) is 0 Å². The molecular weight excluding hydrogens is 426 g/mol. The van der Waals surface area contributed by atoms with E-state index in [9.17, 15) is 13.2 Å². The van der Waals surface area contributed by atoms with Crippen LogP contribution in [-0.2, 0) is 14.8 Å². The molecule has 2 aromatic carbocycles. The van der Waals surface area contributed by atoms with Crippen LogP contribution in [0.25, 0.3) is 0 Å². The fourth-order valence-electron chi connectivity index (χ4n) is 4.09. The van der Waals surface area contributed by atoms with Gasteiger partial charge in [-0.15, -0.1) is 0 Å². The van der Waals surface area contributed by atoms with Crippen LogP contribution in [0.5, 0.6) is 0 Å². The molecule has 1 amide bonds. The van der Waals surface area contributed by atoms with Crippen LogP contribution in [0.4, 0.5) is 5.69 Å². The molecule has 166 valence electrons. The summed E-state index contributed by atoms with van der Waals surface area (Å²) in [6.07, 6.45) is 0. The molecule has 0 aliphatic carbocycles. The van der Waals surface area contributed by atoms with Crippen molar-refractivity contribution in [2.24, 2.45) is 0 Å². The molecule has 1 N–H and O–H groups in total. The summed E-state index contributed by atoms with van der Waals surface area (Å²) >= 11 is 0. The van der Waals surface area contributed by atoms with Crippen molar-refractivity contribution in [2.45, 2.75) is 37.8 Å². The lowest BCUT2D eigenvalue weighted by Crippen LogP contribution is -2.59. The molecule has 0 radical (unpaired) electrons. The van der Waals surface area contributed by atoms with Crippen molar-refractivity contribution < 1.29 is 13.2 Å². The SMILES string of the molecule is Cc1ccc(C#N)cc1NC(=O)CN1C[C@@H](C)N(S(=O)(=O)c2cccc(C#N)c2)[C@@H](C)C1. The molecule has 2 atom stereocenters. The molecule has 0 bridgehead atoms. The molecule has 0 unspecified atom stereocenters. The topological polar surface area (TPSA) is 117 Å². The molecule has 1 aliphatic heterocycles. The highest BCUT2D eigenvalue weighted by Gasteiger charge is 2.38. The van der Waals surface area contributed by atoms with E-state index in [4.69, 9.17) is 10.5 Å². The average molecular weight is 452 g/mol. The van der Waals surface area contributed by atoms with E-state index in [1.54, 1.807) is 30.3 Å². The minimum Gasteiger partial charge on any atom is -0.325 e. The summed E-state index contributed by atoms with van der Waals surface area (Å²) in [6.45, 7) is 6.38. The molecule has 1 saturated heterocycles. The summed E-state index contributed by atoms with van der Waals surface area (Å²) in [5, 5.41) is 21.0. The predicted octanol–water partition coefficient (Wildman–Crippen LogP) is 2.46. The number of hydrogen-bond acceptors (Lipinski definition) is 6. The Kier molecular flexibility index (Phi) is 6.95. The zero-order chi connectivity index (χ0) is 23.5. The zero-order valence-corrected chi connectivity index (χ0v) is 19.1. The van der Waals surface area contributed by atoms with E-state index in [-0.39, 0.29) is 35.0 Å². The van der Waals surface area contributed by atoms with Crippen molar-refractivity contribution in [2.75, 3.05) is 25.0 Å². The molecular formula is C23H25N5O3S. The van der Waals surface area contributed by atoms with Gasteiger partial charge in [-0.3, -0.25) is 9.69 Å². The monoisotopic (exact) mass is 451 g/mol. The predicted molar refractivity (Wildman–Crippen MR) is 120 cm³/mol. The molecule has 3 rings (SSSR count). The maximum atomic E-state index is 13.2. The number of benzene rings is 2. The van der Waals surface area contributed by atoms with E-state index >= 15 is 0 Å². The number of amides is 1. The Labute approximate surface area is 188 Å². The maximum Gasteiger partial charge on any atom is 0.243 e. The molecule has 2 aromatic rings. The van der Waals surface area contributed by atoms with Crippen molar-refractivity contribution in [1.29, 1.82) is 10.5 Å². The van der Waals surface area contributed by atoms with Gasteiger partial charge in [-0.25, -0.2) is 8.42 Å². The van der Waals surface area contributed by atoms with E-state index in [1.165, 1.54) is 16.4 Å². The minimum absolute atomic E-state index is 0.0919. The number of carbonyl (C=O) groups is 1. The van der Waals surface area contributed by atoms with Crippen LogP contribution in [0.2, 0.25) is 0 Å². The first kappa shape index (κ1) is 23.4. The van der Waals surface area contributed by atoms with Crippen LogP contribution in [0.1, 0.15) is 30.5 Å². The van der Waals surface area contributed by atoms with Gasteiger partial charge < -0.3 is 5.32 Å². The number of aryl methyl sites for hydroxylation is 1. The molecule has 32 heavy (non-hydrogen) atoms. The zero-order valence-electron chi connectivity index (χ0n) is 18.2. The number of rotatable bonds is 5. The average Bonchev–Trinajstić information content (AvgIpc) is 2.74. The van der Waals surface area contributed by atoms with Gasteiger partial charge in [-0.1, -0.05) is 12.1 Å². The van der Waals surface area contributed by atoms with Crippen LogP contribution >= 0.6 is 0 Å². The number of sulfonamides is 1. The number of nitrogens with one attached hydrogen (secondary N) is 1. The fourth-order valence-corrected chi connectivity index (χ4v) is 5.94. The highest BCUT2D eigenvalue weighted by Crippen LogP contribution is 2.26. The van der Waals surface area contributed by atoms with Crippen LogP contribution < -0.4 is 5.32 Å². The molecule has 0 aromatic heterocycles. The van der Waals surface area contributed by atoms with Crippen molar-refractivity contribution in [3.05, 3.63) is 59.2 Å². The third kappa shape index (κ3) is 4.97. The Bertz CT molecular complexity index is 1200. The molecule has 1 heterocycles. The van der Waals surface area contributed by atoms with Gasteiger partial charge in [-0.2, -0.15) is 14.8 Å². The Morgan fingerprint density at radius 1 is 1.06 bits per heavy atom. The Morgan fingerprint density at radius 2 is 1.69 bits per heavy atom. The van der Waals surface area contributed by atoms with Crippen molar-refractivity contribution in [1.82, 2.24) is 9.21 Å². The van der Waals surface area contributed by atoms with Crippen molar-refractivity contribution in [3.8, 4) is 12.1 Å². The van der Waals surface area contributed by atoms with E-state index in [2.05, 4.69) is 11.4 Å². The van der Waals surface area contributed by atoms with E-state index in [1.807, 2.05) is 31.7 Å². The molecule has 0 saturated carbocycles. The third-order valence-electron chi connectivity index (χ3n) is 5.46. The quantitative estimate of drug-likeness (QED) is 0.746. The van der Waals surface area contributed by atoms with Gasteiger partial charge in [0, 0.05) is 30.9 Å². The first-order chi connectivity index (χ1) is 15.1. The third-order valence-corrected chi connectivity index (χ3v) is 7.58. The smallest absolute Gasteiger partial charge is 0.243 e. The van der Waals surface area contributed by atoms with Gasteiger partial charge in [0.25, 0.3) is 0 Å². The van der Waals surface area contributed by atoms with Gasteiger partial charge in [-0.05, 0) is 56.7 Å². The Morgan fingerprint density at radius 3 is 2.31 bits per heavy atom.